The Morgan fingerprint density at radius 1 is 1.21 bits per heavy atom. The van der Waals surface area contributed by atoms with Crippen LogP contribution in [0.3, 0.4) is 0 Å². The molecule has 0 spiro atoms. The van der Waals surface area contributed by atoms with Gasteiger partial charge in [-0.2, -0.15) is 0 Å². The van der Waals surface area contributed by atoms with Crippen LogP contribution < -0.4 is 11.1 Å². The third-order valence-corrected chi connectivity index (χ3v) is 4.69. The summed E-state index contributed by atoms with van der Waals surface area (Å²) in [5, 5.41) is 2.96. The molecule has 1 heterocycles. The fourth-order valence-corrected chi connectivity index (χ4v) is 3.59. The number of carbonyl (C=O) groups is 1. The SMILES string of the molecule is CC(N)CCC(=O)NCc1ccc(CN2CC(C)CC(C)C2)cc1. The van der Waals surface area contributed by atoms with Crippen molar-refractivity contribution in [3.8, 4) is 0 Å². The highest BCUT2D eigenvalue weighted by molar-refractivity contribution is 5.75. The zero-order chi connectivity index (χ0) is 17.5. The monoisotopic (exact) mass is 331 g/mol. The van der Waals surface area contributed by atoms with Gasteiger partial charge in [0, 0.05) is 38.6 Å². The summed E-state index contributed by atoms with van der Waals surface area (Å²) in [6, 6.07) is 8.70. The summed E-state index contributed by atoms with van der Waals surface area (Å²) in [5.74, 6) is 1.66. The summed E-state index contributed by atoms with van der Waals surface area (Å²) in [6.07, 6.45) is 2.58. The number of rotatable bonds is 7. The van der Waals surface area contributed by atoms with Crippen molar-refractivity contribution >= 4 is 5.91 Å². The Hall–Kier alpha value is -1.39. The highest BCUT2D eigenvalue weighted by atomic mass is 16.1. The minimum atomic E-state index is 0.0765. The van der Waals surface area contributed by atoms with Gasteiger partial charge in [0.1, 0.15) is 0 Å². The van der Waals surface area contributed by atoms with Crippen molar-refractivity contribution in [1.29, 1.82) is 0 Å². The molecule has 134 valence electrons. The number of nitrogens with two attached hydrogens (primary N) is 1. The topological polar surface area (TPSA) is 58.4 Å². The lowest BCUT2D eigenvalue weighted by atomic mass is 9.91. The van der Waals surface area contributed by atoms with Gasteiger partial charge in [-0.1, -0.05) is 38.1 Å². The maximum Gasteiger partial charge on any atom is 0.220 e. The molecule has 1 aromatic carbocycles. The molecular formula is C20H33N3O. The largest absolute Gasteiger partial charge is 0.352 e. The first-order valence-corrected chi connectivity index (χ1v) is 9.25. The van der Waals surface area contributed by atoms with Crippen LogP contribution in [0.5, 0.6) is 0 Å². The normalized spacial score (nSPS) is 23.0. The Balaban J connectivity index is 1.77. The van der Waals surface area contributed by atoms with Gasteiger partial charge in [-0.3, -0.25) is 9.69 Å². The molecule has 0 bridgehead atoms. The summed E-state index contributed by atoms with van der Waals surface area (Å²) in [7, 11) is 0. The van der Waals surface area contributed by atoms with E-state index in [1.165, 1.54) is 25.1 Å². The third-order valence-electron chi connectivity index (χ3n) is 4.69. The first-order valence-electron chi connectivity index (χ1n) is 9.25. The number of likely N-dealkylation sites (tertiary alicyclic amines) is 1. The fraction of sp³-hybridized carbons (Fsp3) is 0.650. The number of amides is 1. The van der Waals surface area contributed by atoms with E-state index >= 15 is 0 Å². The van der Waals surface area contributed by atoms with Gasteiger partial charge in [0.05, 0.1) is 0 Å². The summed E-state index contributed by atoms with van der Waals surface area (Å²) < 4.78 is 0. The summed E-state index contributed by atoms with van der Waals surface area (Å²) >= 11 is 0. The van der Waals surface area contributed by atoms with E-state index in [4.69, 9.17) is 5.73 Å². The van der Waals surface area contributed by atoms with E-state index in [2.05, 4.69) is 48.3 Å². The minimum absolute atomic E-state index is 0.0765. The van der Waals surface area contributed by atoms with Gasteiger partial charge < -0.3 is 11.1 Å². The van der Waals surface area contributed by atoms with E-state index in [0.29, 0.717) is 13.0 Å². The number of piperidine rings is 1. The molecule has 0 aliphatic carbocycles. The average Bonchev–Trinajstić information content (AvgIpc) is 2.51. The molecule has 0 saturated carbocycles. The molecule has 4 nitrogen and oxygen atoms in total. The number of hydrogen-bond donors (Lipinski definition) is 2. The summed E-state index contributed by atoms with van der Waals surface area (Å²) in [5.41, 5.74) is 8.17. The third kappa shape index (κ3) is 6.62. The second-order valence-electron chi connectivity index (χ2n) is 7.75. The van der Waals surface area contributed by atoms with Crippen LogP contribution in [-0.4, -0.2) is 29.9 Å². The fourth-order valence-electron chi connectivity index (χ4n) is 3.59. The number of nitrogens with zero attached hydrogens (tertiary/aromatic N) is 1. The maximum atomic E-state index is 11.7. The lowest BCUT2D eigenvalue weighted by Crippen LogP contribution is -2.38. The summed E-state index contributed by atoms with van der Waals surface area (Å²) in [4.78, 5) is 14.3. The maximum absolute atomic E-state index is 11.7. The van der Waals surface area contributed by atoms with Gasteiger partial charge in [-0.15, -0.1) is 0 Å². The summed E-state index contributed by atoms with van der Waals surface area (Å²) in [6.45, 7) is 10.6. The molecule has 1 amide bonds. The molecule has 1 fully saturated rings. The average molecular weight is 332 g/mol. The second kappa shape index (κ2) is 9.19. The van der Waals surface area contributed by atoms with Crippen LogP contribution in [0, 0.1) is 11.8 Å². The number of hydrogen-bond acceptors (Lipinski definition) is 3. The predicted molar refractivity (Wildman–Crippen MR) is 99.4 cm³/mol. The molecule has 1 saturated heterocycles. The molecular weight excluding hydrogens is 298 g/mol. The van der Waals surface area contributed by atoms with E-state index < -0.39 is 0 Å². The van der Waals surface area contributed by atoms with Crippen LogP contribution in [-0.2, 0) is 17.9 Å². The first-order chi connectivity index (χ1) is 11.4. The van der Waals surface area contributed by atoms with Crippen LogP contribution in [0.4, 0.5) is 0 Å². The molecule has 3 unspecified atom stereocenters. The van der Waals surface area contributed by atoms with Crippen LogP contribution in [0.2, 0.25) is 0 Å². The van der Waals surface area contributed by atoms with Crippen molar-refractivity contribution in [3.63, 3.8) is 0 Å². The van der Waals surface area contributed by atoms with Crippen molar-refractivity contribution in [2.75, 3.05) is 13.1 Å². The Kier molecular flexibility index (Phi) is 7.25. The van der Waals surface area contributed by atoms with Gasteiger partial charge in [-0.05, 0) is 42.7 Å². The molecule has 24 heavy (non-hydrogen) atoms. The molecule has 0 aromatic heterocycles. The smallest absolute Gasteiger partial charge is 0.220 e. The minimum Gasteiger partial charge on any atom is -0.352 e. The van der Waals surface area contributed by atoms with E-state index in [9.17, 15) is 4.79 Å². The van der Waals surface area contributed by atoms with Crippen molar-refractivity contribution in [3.05, 3.63) is 35.4 Å². The molecule has 3 atom stereocenters. The van der Waals surface area contributed by atoms with Gasteiger partial charge in [-0.25, -0.2) is 0 Å². The molecule has 1 aliphatic rings. The Bertz CT molecular complexity index is 502. The van der Waals surface area contributed by atoms with E-state index in [0.717, 1.165) is 30.4 Å². The lowest BCUT2D eigenvalue weighted by Gasteiger charge is -2.35. The highest BCUT2D eigenvalue weighted by Crippen LogP contribution is 2.22. The van der Waals surface area contributed by atoms with Crippen molar-refractivity contribution in [1.82, 2.24) is 10.2 Å². The van der Waals surface area contributed by atoms with Crippen LogP contribution >= 0.6 is 0 Å². The van der Waals surface area contributed by atoms with Gasteiger partial charge in [0.15, 0.2) is 0 Å². The van der Waals surface area contributed by atoms with Crippen LogP contribution in [0.15, 0.2) is 24.3 Å². The quantitative estimate of drug-likeness (QED) is 0.808. The molecule has 0 radical (unpaired) electrons. The first kappa shape index (κ1) is 18.9. The van der Waals surface area contributed by atoms with Crippen LogP contribution in [0.25, 0.3) is 0 Å². The number of nitrogens with one attached hydrogen (secondary N) is 1. The number of carbonyl (C=O) groups excluding carboxylic acids is 1. The molecule has 4 heteroatoms. The van der Waals surface area contributed by atoms with Crippen LogP contribution in [0.1, 0.15) is 51.2 Å². The second-order valence-corrected chi connectivity index (χ2v) is 7.75. The van der Waals surface area contributed by atoms with Crippen molar-refractivity contribution in [2.45, 2.75) is 59.2 Å². The van der Waals surface area contributed by atoms with Gasteiger partial charge in [0.25, 0.3) is 0 Å². The zero-order valence-electron chi connectivity index (χ0n) is 15.4. The Labute approximate surface area is 146 Å². The van der Waals surface area contributed by atoms with E-state index in [-0.39, 0.29) is 11.9 Å². The molecule has 1 aromatic rings. The Morgan fingerprint density at radius 3 is 2.38 bits per heavy atom. The van der Waals surface area contributed by atoms with E-state index in [1.807, 2.05) is 6.92 Å². The number of benzene rings is 1. The zero-order valence-corrected chi connectivity index (χ0v) is 15.4. The molecule has 1 aliphatic heterocycles. The molecule has 2 rings (SSSR count). The molecule has 3 N–H and O–H groups in total. The predicted octanol–water partition coefficient (Wildman–Crippen LogP) is 2.91. The van der Waals surface area contributed by atoms with Gasteiger partial charge in [0.2, 0.25) is 5.91 Å². The Morgan fingerprint density at radius 2 is 1.79 bits per heavy atom. The van der Waals surface area contributed by atoms with Crippen molar-refractivity contribution in [2.24, 2.45) is 17.6 Å². The highest BCUT2D eigenvalue weighted by Gasteiger charge is 2.21. The van der Waals surface area contributed by atoms with Gasteiger partial charge >= 0.3 is 0 Å². The van der Waals surface area contributed by atoms with Crippen molar-refractivity contribution < 1.29 is 4.79 Å². The standard InChI is InChI=1S/C20H33N3O/c1-15-10-16(2)13-23(12-15)14-19-7-5-18(6-8-19)11-22-20(24)9-4-17(3)21/h5-8,15-17H,4,9-14,21H2,1-3H3,(H,22,24). The van der Waals surface area contributed by atoms with E-state index in [1.54, 1.807) is 0 Å². The lowest BCUT2D eigenvalue weighted by molar-refractivity contribution is -0.121.